The molecule has 0 aromatic carbocycles. The molecule has 0 aliphatic rings. The Labute approximate surface area is 108 Å². The lowest BCUT2D eigenvalue weighted by atomic mass is 10.3. The number of carboxylic acids is 1. The van der Waals surface area contributed by atoms with E-state index >= 15 is 0 Å². The van der Waals surface area contributed by atoms with Crippen LogP contribution in [-0.4, -0.2) is 34.1 Å². The monoisotopic (exact) mass is 264 g/mol. The summed E-state index contributed by atoms with van der Waals surface area (Å²) in [6, 6.07) is 2.91. The van der Waals surface area contributed by atoms with Crippen molar-refractivity contribution in [2.45, 2.75) is 13.5 Å². The number of carbonyl (C=O) groups is 2. The summed E-state index contributed by atoms with van der Waals surface area (Å²) < 4.78 is 9.83. The fourth-order valence-electron chi connectivity index (χ4n) is 1.56. The lowest BCUT2D eigenvalue weighted by molar-refractivity contribution is 0.0695. The number of hydrogen-bond donors (Lipinski definition) is 1. The number of carbonyl (C=O) groups excluding carboxylic acids is 1. The highest BCUT2D eigenvalue weighted by atomic mass is 16.5. The van der Waals surface area contributed by atoms with Crippen molar-refractivity contribution in [3.05, 3.63) is 41.2 Å². The van der Waals surface area contributed by atoms with Crippen LogP contribution in [0.25, 0.3) is 0 Å². The first kappa shape index (κ1) is 12.9. The van der Waals surface area contributed by atoms with Crippen molar-refractivity contribution in [2.75, 3.05) is 7.05 Å². The maximum absolute atomic E-state index is 12.0. The molecule has 100 valence electrons. The second kappa shape index (κ2) is 4.97. The van der Waals surface area contributed by atoms with Crippen molar-refractivity contribution in [1.29, 1.82) is 0 Å². The summed E-state index contributed by atoms with van der Waals surface area (Å²) in [4.78, 5) is 24.0. The van der Waals surface area contributed by atoms with E-state index in [1.807, 2.05) is 0 Å². The Morgan fingerprint density at radius 3 is 2.68 bits per heavy atom. The van der Waals surface area contributed by atoms with Gasteiger partial charge >= 0.3 is 5.97 Å². The number of aromatic carboxylic acids is 1. The molecule has 7 heteroatoms. The van der Waals surface area contributed by atoms with Crippen LogP contribution in [0, 0.1) is 6.92 Å². The highest BCUT2D eigenvalue weighted by molar-refractivity contribution is 5.95. The Bertz CT molecular complexity index is 613. The minimum Gasteiger partial charge on any atom is -0.478 e. The lowest BCUT2D eigenvalue weighted by Gasteiger charge is -2.13. The summed E-state index contributed by atoms with van der Waals surface area (Å²) in [5, 5.41) is 12.5. The van der Waals surface area contributed by atoms with E-state index in [-0.39, 0.29) is 17.9 Å². The van der Waals surface area contributed by atoms with E-state index in [0.717, 1.165) is 6.26 Å². The maximum atomic E-state index is 12.0. The maximum Gasteiger partial charge on any atom is 0.338 e. The smallest absolute Gasteiger partial charge is 0.338 e. The molecule has 2 aromatic rings. The molecule has 19 heavy (non-hydrogen) atoms. The molecule has 2 aromatic heterocycles. The molecule has 1 amide bonds. The van der Waals surface area contributed by atoms with Gasteiger partial charge in [0.15, 0.2) is 5.76 Å². The Hall–Kier alpha value is -2.57. The summed E-state index contributed by atoms with van der Waals surface area (Å²) >= 11 is 0. The zero-order chi connectivity index (χ0) is 14.0. The molecule has 7 nitrogen and oxygen atoms in total. The Morgan fingerprint density at radius 1 is 1.42 bits per heavy atom. The van der Waals surface area contributed by atoms with Gasteiger partial charge in [-0.05, 0) is 6.92 Å². The summed E-state index contributed by atoms with van der Waals surface area (Å²) in [6.07, 6.45) is 1.03. The van der Waals surface area contributed by atoms with Gasteiger partial charge < -0.3 is 18.9 Å². The molecule has 0 saturated carbocycles. The van der Waals surface area contributed by atoms with Gasteiger partial charge in [-0.15, -0.1) is 0 Å². The van der Waals surface area contributed by atoms with E-state index < -0.39 is 11.9 Å². The van der Waals surface area contributed by atoms with E-state index in [4.69, 9.17) is 14.0 Å². The van der Waals surface area contributed by atoms with Gasteiger partial charge in [0, 0.05) is 19.2 Å². The molecule has 0 unspecified atom stereocenters. The molecule has 0 atom stereocenters. The van der Waals surface area contributed by atoms with E-state index in [0.29, 0.717) is 11.5 Å². The van der Waals surface area contributed by atoms with Gasteiger partial charge in [-0.3, -0.25) is 4.79 Å². The van der Waals surface area contributed by atoms with Crippen molar-refractivity contribution in [3.8, 4) is 0 Å². The third kappa shape index (κ3) is 2.82. The first-order chi connectivity index (χ1) is 8.97. The first-order valence-electron chi connectivity index (χ1n) is 5.47. The van der Waals surface area contributed by atoms with Crippen LogP contribution in [0.5, 0.6) is 0 Å². The van der Waals surface area contributed by atoms with Crippen molar-refractivity contribution in [2.24, 2.45) is 0 Å². The predicted octanol–water partition coefficient (Wildman–Crippen LogP) is 1.55. The van der Waals surface area contributed by atoms with Crippen LogP contribution in [0.4, 0.5) is 0 Å². The van der Waals surface area contributed by atoms with Crippen LogP contribution >= 0.6 is 0 Å². The summed E-state index contributed by atoms with van der Waals surface area (Å²) in [6.45, 7) is 2.00. The Kier molecular flexibility index (Phi) is 3.37. The van der Waals surface area contributed by atoms with E-state index in [1.54, 1.807) is 20.0 Å². The Balaban J connectivity index is 2.07. The summed E-state index contributed by atoms with van der Waals surface area (Å²) in [5.74, 6) is -0.937. The van der Waals surface area contributed by atoms with Crippen LogP contribution in [-0.2, 0) is 6.54 Å². The van der Waals surface area contributed by atoms with Gasteiger partial charge in [0.25, 0.3) is 5.91 Å². The molecule has 0 aliphatic carbocycles. The van der Waals surface area contributed by atoms with Crippen LogP contribution in [0.2, 0.25) is 0 Å². The minimum absolute atomic E-state index is 0.0277. The number of carboxylic acid groups (broad SMARTS) is 1. The van der Waals surface area contributed by atoms with E-state index in [1.165, 1.54) is 11.0 Å². The molecular weight excluding hydrogens is 252 g/mol. The second-order valence-corrected chi connectivity index (χ2v) is 4.09. The summed E-state index contributed by atoms with van der Waals surface area (Å²) in [5.41, 5.74) is 0.549. The van der Waals surface area contributed by atoms with E-state index in [2.05, 4.69) is 5.16 Å². The van der Waals surface area contributed by atoms with Crippen molar-refractivity contribution < 1.29 is 23.6 Å². The largest absolute Gasteiger partial charge is 0.478 e. The van der Waals surface area contributed by atoms with Crippen LogP contribution in [0.3, 0.4) is 0 Å². The number of aryl methyl sites for hydroxylation is 1. The average Bonchev–Trinajstić information content (AvgIpc) is 2.97. The van der Waals surface area contributed by atoms with Crippen LogP contribution in [0.1, 0.15) is 32.4 Å². The number of rotatable bonds is 4. The number of hydrogen-bond acceptors (Lipinski definition) is 5. The molecule has 0 radical (unpaired) electrons. The molecular formula is C12H12N2O5. The quantitative estimate of drug-likeness (QED) is 0.899. The van der Waals surface area contributed by atoms with Gasteiger partial charge in [-0.25, -0.2) is 4.79 Å². The topological polar surface area (TPSA) is 96.8 Å². The predicted molar refractivity (Wildman–Crippen MR) is 62.7 cm³/mol. The first-order valence-corrected chi connectivity index (χ1v) is 5.47. The van der Waals surface area contributed by atoms with Gasteiger partial charge in [-0.2, -0.15) is 0 Å². The number of amides is 1. The van der Waals surface area contributed by atoms with Crippen molar-refractivity contribution >= 4 is 11.9 Å². The molecule has 0 saturated heterocycles. The fourth-order valence-corrected chi connectivity index (χ4v) is 1.56. The SMILES string of the molecule is Cc1cc(CN(C)C(=O)c2cc(C(=O)O)co2)no1. The standard InChI is InChI=1S/C12H12N2O5/c1-7-3-9(13-19-7)5-14(2)11(15)10-4-8(6-18-10)12(16)17/h3-4,6H,5H2,1-2H3,(H,16,17). The molecule has 2 heterocycles. The van der Waals surface area contributed by atoms with Gasteiger partial charge in [0.05, 0.1) is 12.1 Å². The fraction of sp³-hybridized carbons (Fsp3) is 0.250. The molecule has 1 N–H and O–H groups in total. The molecule has 0 aliphatic heterocycles. The zero-order valence-electron chi connectivity index (χ0n) is 10.4. The van der Waals surface area contributed by atoms with Gasteiger partial charge in [0.2, 0.25) is 0 Å². The number of aromatic nitrogens is 1. The third-order valence-corrected chi connectivity index (χ3v) is 2.48. The highest BCUT2D eigenvalue weighted by Crippen LogP contribution is 2.12. The van der Waals surface area contributed by atoms with E-state index in [9.17, 15) is 9.59 Å². The molecule has 2 rings (SSSR count). The molecule has 0 fully saturated rings. The van der Waals surface area contributed by atoms with Crippen LogP contribution < -0.4 is 0 Å². The van der Waals surface area contributed by atoms with Gasteiger partial charge in [0.1, 0.15) is 17.7 Å². The number of nitrogens with zero attached hydrogens (tertiary/aromatic N) is 2. The minimum atomic E-state index is -1.14. The normalized spacial score (nSPS) is 10.4. The van der Waals surface area contributed by atoms with Crippen molar-refractivity contribution in [1.82, 2.24) is 10.1 Å². The molecule has 0 bridgehead atoms. The average molecular weight is 264 g/mol. The van der Waals surface area contributed by atoms with Gasteiger partial charge in [-0.1, -0.05) is 5.16 Å². The van der Waals surface area contributed by atoms with Crippen molar-refractivity contribution in [3.63, 3.8) is 0 Å². The molecule has 0 spiro atoms. The highest BCUT2D eigenvalue weighted by Gasteiger charge is 2.19. The lowest BCUT2D eigenvalue weighted by Crippen LogP contribution is -2.25. The summed E-state index contributed by atoms with van der Waals surface area (Å²) in [7, 11) is 1.56. The number of furan rings is 1. The second-order valence-electron chi connectivity index (χ2n) is 4.09. The zero-order valence-corrected chi connectivity index (χ0v) is 10.4. The third-order valence-electron chi connectivity index (χ3n) is 2.48. The van der Waals surface area contributed by atoms with Crippen LogP contribution in [0.15, 0.2) is 27.3 Å². The Morgan fingerprint density at radius 2 is 2.16 bits per heavy atom.